The topological polar surface area (TPSA) is 88.0 Å². The standard InChI is InChI=1S/C9H10N4O2/c10-13-12-4-1-5-15-9-3-2-8(7-14)6-11-9/h2-3,6-7H,1,4-5H2. The summed E-state index contributed by atoms with van der Waals surface area (Å²) < 4.78 is 5.24. The van der Waals surface area contributed by atoms with Crippen molar-refractivity contribution in [2.24, 2.45) is 5.11 Å². The van der Waals surface area contributed by atoms with E-state index in [4.69, 9.17) is 10.3 Å². The van der Waals surface area contributed by atoms with Crippen molar-refractivity contribution >= 4 is 6.29 Å². The summed E-state index contributed by atoms with van der Waals surface area (Å²) in [5, 5.41) is 3.36. The number of aldehydes is 1. The summed E-state index contributed by atoms with van der Waals surface area (Å²) in [6.07, 6.45) is 2.80. The minimum Gasteiger partial charge on any atom is -0.478 e. The van der Waals surface area contributed by atoms with Crippen molar-refractivity contribution in [2.75, 3.05) is 13.2 Å². The summed E-state index contributed by atoms with van der Waals surface area (Å²) >= 11 is 0. The van der Waals surface area contributed by atoms with Gasteiger partial charge in [-0.1, -0.05) is 5.11 Å². The van der Waals surface area contributed by atoms with Crippen LogP contribution in [0.1, 0.15) is 16.8 Å². The summed E-state index contributed by atoms with van der Waals surface area (Å²) in [6.45, 7) is 0.843. The lowest BCUT2D eigenvalue weighted by molar-refractivity contribution is 0.112. The van der Waals surface area contributed by atoms with E-state index in [1.54, 1.807) is 12.1 Å². The van der Waals surface area contributed by atoms with Crippen LogP contribution in [0.2, 0.25) is 0 Å². The molecule has 6 nitrogen and oxygen atoms in total. The van der Waals surface area contributed by atoms with Crippen molar-refractivity contribution in [3.05, 3.63) is 34.3 Å². The monoisotopic (exact) mass is 206 g/mol. The van der Waals surface area contributed by atoms with E-state index in [1.165, 1.54) is 6.20 Å². The Kier molecular flexibility index (Phi) is 4.69. The fraction of sp³-hybridized carbons (Fsp3) is 0.333. The highest BCUT2D eigenvalue weighted by Gasteiger charge is 1.95. The lowest BCUT2D eigenvalue weighted by Gasteiger charge is -2.02. The van der Waals surface area contributed by atoms with Crippen LogP contribution in [0.4, 0.5) is 0 Å². The molecule has 0 saturated heterocycles. The fourth-order valence-corrected chi connectivity index (χ4v) is 0.904. The number of aromatic nitrogens is 1. The Morgan fingerprint density at radius 3 is 3.07 bits per heavy atom. The van der Waals surface area contributed by atoms with E-state index < -0.39 is 0 Å². The van der Waals surface area contributed by atoms with Crippen LogP contribution in [-0.4, -0.2) is 24.4 Å². The second-order valence-electron chi connectivity index (χ2n) is 2.70. The molecule has 1 heterocycles. The number of carbonyl (C=O) groups is 1. The van der Waals surface area contributed by atoms with Crippen molar-refractivity contribution in [1.29, 1.82) is 0 Å². The van der Waals surface area contributed by atoms with E-state index in [1.807, 2.05) is 0 Å². The number of hydrogen-bond donors (Lipinski definition) is 0. The number of azide groups is 1. The van der Waals surface area contributed by atoms with Crippen LogP contribution in [0.5, 0.6) is 5.88 Å². The Hall–Kier alpha value is -2.07. The van der Waals surface area contributed by atoms with E-state index in [0.29, 0.717) is 31.0 Å². The molecule has 0 bridgehead atoms. The molecule has 0 unspecified atom stereocenters. The third-order valence-electron chi connectivity index (χ3n) is 1.61. The molecule has 15 heavy (non-hydrogen) atoms. The Bertz CT molecular complexity index is 357. The number of rotatable bonds is 6. The third kappa shape index (κ3) is 4.10. The lowest BCUT2D eigenvalue weighted by atomic mass is 10.3. The SMILES string of the molecule is [N-]=[N+]=NCCCOc1ccc(C=O)cn1. The van der Waals surface area contributed by atoms with Gasteiger partial charge in [-0.15, -0.1) is 0 Å². The van der Waals surface area contributed by atoms with Gasteiger partial charge in [0.05, 0.1) is 6.61 Å². The molecule has 1 aromatic rings. The molecule has 0 aliphatic heterocycles. The second kappa shape index (κ2) is 6.39. The van der Waals surface area contributed by atoms with Gasteiger partial charge in [0.25, 0.3) is 0 Å². The smallest absolute Gasteiger partial charge is 0.213 e. The highest BCUT2D eigenvalue weighted by atomic mass is 16.5. The molecular weight excluding hydrogens is 196 g/mol. The summed E-state index contributed by atoms with van der Waals surface area (Å²) in [5.41, 5.74) is 8.52. The van der Waals surface area contributed by atoms with E-state index in [-0.39, 0.29) is 0 Å². The zero-order chi connectivity index (χ0) is 10.9. The molecule has 0 fully saturated rings. The van der Waals surface area contributed by atoms with Gasteiger partial charge >= 0.3 is 0 Å². The molecule has 78 valence electrons. The number of hydrogen-bond acceptors (Lipinski definition) is 4. The molecule has 0 saturated carbocycles. The summed E-state index contributed by atoms with van der Waals surface area (Å²) in [6, 6.07) is 3.25. The van der Waals surface area contributed by atoms with Gasteiger partial charge in [-0.05, 0) is 18.0 Å². The Balaban J connectivity index is 2.31. The maximum absolute atomic E-state index is 10.3. The molecule has 0 aliphatic rings. The molecule has 0 atom stereocenters. The molecule has 0 aliphatic carbocycles. The van der Waals surface area contributed by atoms with Crippen molar-refractivity contribution < 1.29 is 9.53 Å². The molecule has 1 rings (SSSR count). The molecule has 0 amide bonds. The Labute approximate surface area is 86.5 Å². The van der Waals surface area contributed by atoms with E-state index in [9.17, 15) is 4.79 Å². The molecule has 6 heteroatoms. The van der Waals surface area contributed by atoms with Crippen LogP contribution in [0.3, 0.4) is 0 Å². The van der Waals surface area contributed by atoms with Gasteiger partial charge < -0.3 is 4.74 Å². The minimum absolute atomic E-state index is 0.406. The summed E-state index contributed by atoms with van der Waals surface area (Å²) in [4.78, 5) is 16.9. The first-order valence-electron chi connectivity index (χ1n) is 4.41. The van der Waals surface area contributed by atoms with Crippen LogP contribution in [0, 0.1) is 0 Å². The summed E-state index contributed by atoms with van der Waals surface area (Å²) in [5.74, 6) is 0.460. The van der Waals surface area contributed by atoms with E-state index in [0.717, 1.165) is 6.29 Å². The van der Waals surface area contributed by atoms with Gasteiger partial charge in [0.2, 0.25) is 5.88 Å². The molecule has 0 spiro atoms. The fourth-order valence-electron chi connectivity index (χ4n) is 0.904. The number of ether oxygens (including phenoxy) is 1. The summed E-state index contributed by atoms with van der Waals surface area (Å²) in [7, 11) is 0. The predicted molar refractivity (Wildman–Crippen MR) is 53.7 cm³/mol. The van der Waals surface area contributed by atoms with Gasteiger partial charge in [0.15, 0.2) is 6.29 Å². The lowest BCUT2D eigenvalue weighted by Crippen LogP contribution is -2.00. The zero-order valence-electron chi connectivity index (χ0n) is 8.04. The van der Waals surface area contributed by atoms with Gasteiger partial charge in [-0.2, -0.15) is 0 Å². The number of pyridine rings is 1. The third-order valence-corrected chi connectivity index (χ3v) is 1.61. The van der Waals surface area contributed by atoms with Crippen LogP contribution >= 0.6 is 0 Å². The number of nitrogens with zero attached hydrogens (tertiary/aromatic N) is 4. The quantitative estimate of drug-likeness (QED) is 0.234. The molecular formula is C9H10N4O2. The highest BCUT2D eigenvalue weighted by molar-refractivity contribution is 5.73. The molecule has 0 radical (unpaired) electrons. The first-order valence-corrected chi connectivity index (χ1v) is 4.41. The first-order chi connectivity index (χ1) is 7.36. The first kappa shape index (κ1) is 11.0. The van der Waals surface area contributed by atoms with Crippen molar-refractivity contribution in [3.63, 3.8) is 0 Å². The van der Waals surface area contributed by atoms with Gasteiger partial charge in [-0.3, -0.25) is 4.79 Å². The largest absolute Gasteiger partial charge is 0.478 e. The average molecular weight is 206 g/mol. The van der Waals surface area contributed by atoms with Crippen molar-refractivity contribution in [3.8, 4) is 5.88 Å². The van der Waals surface area contributed by atoms with Crippen LogP contribution < -0.4 is 4.74 Å². The maximum atomic E-state index is 10.3. The van der Waals surface area contributed by atoms with Gasteiger partial charge in [0.1, 0.15) is 0 Å². The molecule has 1 aromatic heterocycles. The second-order valence-corrected chi connectivity index (χ2v) is 2.70. The highest BCUT2D eigenvalue weighted by Crippen LogP contribution is 2.06. The van der Waals surface area contributed by atoms with Crippen molar-refractivity contribution in [2.45, 2.75) is 6.42 Å². The van der Waals surface area contributed by atoms with Crippen LogP contribution in [-0.2, 0) is 0 Å². The molecule has 0 N–H and O–H groups in total. The zero-order valence-corrected chi connectivity index (χ0v) is 8.04. The Morgan fingerprint density at radius 2 is 2.47 bits per heavy atom. The van der Waals surface area contributed by atoms with E-state index >= 15 is 0 Å². The van der Waals surface area contributed by atoms with Gasteiger partial charge in [0, 0.05) is 29.3 Å². The molecule has 0 aromatic carbocycles. The van der Waals surface area contributed by atoms with Crippen LogP contribution in [0.15, 0.2) is 23.4 Å². The normalized spacial score (nSPS) is 9.07. The average Bonchev–Trinajstić information content (AvgIpc) is 2.30. The Morgan fingerprint density at radius 1 is 1.60 bits per heavy atom. The maximum Gasteiger partial charge on any atom is 0.213 e. The van der Waals surface area contributed by atoms with Gasteiger partial charge in [-0.25, -0.2) is 4.98 Å². The predicted octanol–water partition coefficient (Wildman–Crippen LogP) is 1.97. The van der Waals surface area contributed by atoms with E-state index in [2.05, 4.69) is 15.0 Å². The minimum atomic E-state index is 0.406. The van der Waals surface area contributed by atoms with Crippen molar-refractivity contribution in [1.82, 2.24) is 4.98 Å². The number of carbonyl (C=O) groups excluding carboxylic acids is 1. The van der Waals surface area contributed by atoms with Crippen LogP contribution in [0.25, 0.3) is 10.4 Å².